The highest BCUT2D eigenvalue weighted by Gasteiger charge is 2.54. The maximum absolute atomic E-state index is 14.9. The van der Waals surface area contributed by atoms with E-state index in [1.807, 2.05) is 77.8 Å². The molecule has 750 valence electrons. The number of carbonyl (C=O) groups is 8. The summed E-state index contributed by atoms with van der Waals surface area (Å²) in [5, 5.41) is 32.4. The smallest absolute Gasteiger partial charge is 0.410 e. The molecule has 4 fully saturated rings. The number of benzene rings is 2. The Bertz CT molecular complexity index is 5560. The minimum atomic E-state index is -2.49. The van der Waals surface area contributed by atoms with E-state index in [4.69, 9.17) is 78.3 Å². The number of piperazine rings is 1. The molecule has 14 rings (SSSR count). The number of cyclic esters (lactones) is 1. The fourth-order valence-corrected chi connectivity index (χ4v) is 19.7. The van der Waals surface area contributed by atoms with Gasteiger partial charge in [-0.3, -0.25) is 28.8 Å². The summed E-state index contributed by atoms with van der Waals surface area (Å²) in [4.78, 5) is 154. The van der Waals surface area contributed by atoms with Crippen LogP contribution in [-0.4, -0.2) is 298 Å². The highest BCUT2D eigenvalue weighted by atomic mass is 16.6. The quantitative estimate of drug-likeness (QED) is 0.0132. The number of allylic oxidation sites excluding steroid dienone is 6. The number of hydrogen-bond acceptors (Lipinski definition) is 33. The van der Waals surface area contributed by atoms with Crippen molar-refractivity contribution in [2.75, 3.05) is 148 Å². The standard InChI is InChI=1S/C101H135N17O21/c1-61-16-12-11-13-17-62(2)82(129-8)52-75-24-19-67(7)101(128,139-75)91(123)95(125)117-31-15-14-18-78(117)96(126)136-83(53-79(119)63(3)47-66(6)89(122)90(131-10)88(121)65(5)46-61)64(4)48-68-21-25-81(84(50-68)130-9)138-100(127)116-33-28-76-74(59-116)56-107-99(111-76)114-36-34-113(35-37-114)98-105-54-73(55-106-98)94(124)104-30-39-133-41-43-135-45-44-134-42-40-132-38-29-85(120)115-32-27-70-49-69(20-22-72(70)58-115)57-118-93-86(92(102)108-60-109-93)87(112-118)71-23-26-80-77(51-71)110-97(103)137-80/h11-13,16-17,20,22-23,26,47,49,51,54-56,60-61,63-65,67-68,75,78,81-84,89-90,122,128H,14-15,18-19,21,24-25,27-46,48,50,52-53,57-59H2,1-10H3,(H2,103,110)(H,104,124)(H2,102,108,109)/b13-11+,16-12+,62-17+,66-47+/t61-,63-,64-,65-,67-,68+,75+,78+,81-,82+,83+,84-,89-,90+,101-/m1/s1. The van der Waals surface area contributed by atoms with Crippen LogP contribution in [0.4, 0.5) is 28.5 Å². The normalized spacial score (nSPS) is 26.8. The van der Waals surface area contributed by atoms with Crippen LogP contribution in [-0.2, 0) is 109 Å². The number of methoxy groups -OCH3 is 3. The zero-order chi connectivity index (χ0) is 98.6. The molecule has 0 radical (unpaired) electrons. The summed E-state index contributed by atoms with van der Waals surface area (Å²) in [6, 6.07) is 10.7. The van der Waals surface area contributed by atoms with E-state index in [-0.39, 0.29) is 99.8 Å². The van der Waals surface area contributed by atoms with Crippen LogP contribution in [0, 0.1) is 35.5 Å². The third-order valence-electron chi connectivity index (χ3n) is 27.9. The van der Waals surface area contributed by atoms with Crippen molar-refractivity contribution < 1.29 is 100 Å². The van der Waals surface area contributed by atoms with Gasteiger partial charge in [0.2, 0.25) is 23.6 Å². The number of nitrogen functional groups attached to an aromatic ring is 2. The molecule has 2 bridgehead atoms. The van der Waals surface area contributed by atoms with Crippen molar-refractivity contribution in [3.8, 4) is 11.3 Å². The lowest BCUT2D eigenvalue weighted by Gasteiger charge is -2.42. The fraction of sp³-hybridized carbons (Fsp3) is 0.584. The van der Waals surface area contributed by atoms with Crippen molar-refractivity contribution in [1.29, 1.82) is 0 Å². The lowest BCUT2D eigenvalue weighted by atomic mass is 9.78. The van der Waals surface area contributed by atoms with Crippen LogP contribution in [0.2, 0.25) is 0 Å². The van der Waals surface area contributed by atoms with Gasteiger partial charge in [-0.25, -0.2) is 44.2 Å². The zero-order valence-corrected chi connectivity index (χ0v) is 81.4. The first-order valence-corrected chi connectivity index (χ1v) is 48.8. The molecule has 0 spiro atoms. The second-order valence-corrected chi connectivity index (χ2v) is 37.8. The Kier molecular flexibility index (Phi) is 36.2. The number of fused-ring (bicyclic) bond motifs is 7. The van der Waals surface area contributed by atoms with Gasteiger partial charge in [-0.15, -0.1) is 0 Å². The van der Waals surface area contributed by atoms with Crippen molar-refractivity contribution in [3.05, 3.63) is 142 Å². The molecule has 4 amide bonds. The van der Waals surface area contributed by atoms with Crippen molar-refractivity contribution >= 4 is 93.0 Å². The molecule has 38 nitrogen and oxygen atoms in total. The summed E-state index contributed by atoms with van der Waals surface area (Å²) in [6.07, 6.45) is 17.0. The van der Waals surface area contributed by atoms with Crippen molar-refractivity contribution in [3.63, 3.8) is 0 Å². The van der Waals surface area contributed by atoms with E-state index in [2.05, 4.69) is 53.3 Å². The number of esters is 1. The molecule has 3 saturated heterocycles. The molecule has 11 heterocycles. The number of oxazole rings is 1. The number of carbonyl (C=O) groups excluding carboxylic acids is 8. The van der Waals surface area contributed by atoms with Gasteiger partial charge in [0.1, 0.15) is 59.6 Å². The van der Waals surface area contributed by atoms with Crippen LogP contribution in [0.3, 0.4) is 0 Å². The second-order valence-electron chi connectivity index (χ2n) is 37.8. The van der Waals surface area contributed by atoms with E-state index in [1.54, 1.807) is 65.2 Å². The Labute approximate surface area is 810 Å². The zero-order valence-electron chi connectivity index (χ0n) is 81.4. The highest BCUT2D eigenvalue weighted by molar-refractivity contribution is 6.39. The summed E-state index contributed by atoms with van der Waals surface area (Å²) in [7, 11) is 4.52. The van der Waals surface area contributed by atoms with Crippen LogP contribution in [0.25, 0.3) is 33.4 Å². The number of aromatic nitrogens is 9. The Hall–Kier alpha value is -11.5. The van der Waals surface area contributed by atoms with Gasteiger partial charge in [0.25, 0.3) is 23.6 Å². The molecule has 38 heteroatoms. The third kappa shape index (κ3) is 26.2. The molecule has 5 aromatic heterocycles. The first-order chi connectivity index (χ1) is 67.0. The SMILES string of the molecule is CO[C@H]1C[C@@H]2CC[C@@H](C)[C@@](O)(O2)C(=O)C(=O)N2CCCC[C@H]2C(=O)O[C@H]([C@H](C)C[C@@H]2CC[C@@H](OC(=O)N3CCc4nc(N5CCN(c6ncc(C(=O)NCCOCCOCCOCCOCCC(=O)N7CCc8cc(Cn9nc(-c%10ccc%11oc(N)nc%11c%10)c%10c(N)ncnc%109)ccc8C7)cn6)CC5)ncc4C3)[C@H](OC)C2)CC(=O)[C@H](C)/C=C(\C)[C@@H](O)[C@@H](OC)C(=O)[C@H](C)C[C@H](C)/C=C/C=C/C=C/1C. The van der Waals surface area contributed by atoms with Crippen LogP contribution >= 0.6 is 0 Å². The monoisotopic (exact) mass is 1920 g/mol. The number of nitrogens with two attached hydrogens (primary N) is 2. The van der Waals surface area contributed by atoms with Gasteiger partial charge in [0.05, 0.1) is 107 Å². The molecule has 1 aliphatic carbocycles. The topological polar surface area (TPSA) is 471 Å². The second kappa shape index (κ2) is 48.6. The molecule has 7 aliphatic rings. The predicted octanol–water partition coefficient (Wildman–Crippen LogP) is 9.22. The fourth-order valence-electron chi connectivity index (χ4n) is 19.7. The van der Waals surface area contributed by atoms with E-state index in [0.29, 0.717) is 213 Å². The molecule has 6 aliphatic heterocycles. The maximum Gasteiger partial charge on any atom is 0.410 e. The van der Waals surface area contributed by atoms with Gasteiger partial charge in [-0.05, 0) is 148 Å². The third-order valence-corrected chi connectivity index (χ3v) is 27.9. The number of ether oxygens (including phenoxy) is 10. The highest BCUT2D eigenvalue weighted by Crippen LogP contribution is 2.41. The molecule has 1 saturated carbocycles. The molecule has 7 aromatic rings. The first-order valence-electron chi connectivity index (χ1n) is 48.8. The number of nitrogens with zero attached hydrogens (tertiary/aromatic N) is 14. The first kappa shape index (κ1) is 103. The summed E-state index contributed by atoms with van der Waals surface area (Å²) in [5.74, 6) is -7.66. The molecule has 7 N–H and O–H groups in total. The van der Waals surface area contributed by atoms with Gasteiger partial charge in [0, 0.05) is 147 Å². The minimum Gasteiger partial charge on any atom is -0.460 e. The number of aliphatic hydroxyl groups excluding tert-OH is 1. The summed E-state index contributed by atoms with van der Waals surface area (Å²) in [5.41, 5.74) is 21.8. The van der Waals surface area contributed by atoms with Gasteiger partial charge < -0.3 is 103 Å². The van der Waals surface area contributed by atoms with Crippen LogP contribution in [0.1, 0.15) is 170 Å². The van der Waals surface area contributed by atoms with E-state index >= 15 is 0 Å². The minimum absolute atomic E-state index is 0.0256. The number of Topliss-reactive ketones (excluding diaryl/α,β-unsaturated/α-hetero) is 3. The number of nitrogens with one attached hydrogen (secondary N) is 1. The number of amides is 4. The van der Waals surface area contributed by atoms with E-state index in [0.717, 1.165) is 39.9 Å². The number of ketones is 3. The lowest BCUT2D eigenvalue weighted by molar-refractivity contribution is -0.265. The molecule has 2 aromatic carbocycles. The molecule has 0 unspecified atom stereocenters. The summed E-state index contributed by atoms with van der Waals surface area (Å²) >= 11 is 0. The Morgan fingerprint density at radius 1 is 0.691 bits per heavy atom. The Morgan fingerprint density at radius 3 is 2.15 bits per heavy atom. The number of rotatable bonds is 28. The Balaban J connectivity index is 0.477. The maximum atomic E-state index is 14.9. The average molecular weight is 1920 g/mol. The molecular weight excluding hydrogens is 1790 g/mol. The van der Waals surface area contributed by atoms with Gasteiger partial charge >= 0.3 is 12.1 Å². The predicted molar refractivity (Wildman–Crippen MR) is 514 cm³/mol. The summed E-state index contributed by atoms with van der Waals surface area (Å²) < 4.78 is 66.6. The van der Waals surface area contributed by atoms with Crippen LogP contribution in [0.5, 0.6) is 0 Å². The van der Waals surface area contributed by atoms with Gasteiger partial charge in [0.15, 0.2) is 17.0 Å². The van der Waals surface area contributed by atoms with Crippen molar-refractivity contribution in [2.24, 2.45) is 35.5 Å². The summed E-state index contributed by atoms with van der Waals surface area (Å²) in [6.45, 7) is 20.0. The molecule has 139 heavy (non-hydrogen) atoms. The van der Waals surface area contributed by atoms with Crippen LogP contribution in [0.15, 0.2) is 113 Å². The Morgan fingerprint density at radius 2 is 1.41 bits per heavy atom. The van der Waals surface area contributed by atoms with Gasteiger partial charge in [-0.1, -0.05) is 89.3 Å². The lowest BCUT2D eigenvalue weighted by Crippen LogP contribution is -2.61. The van der Waals surface area contributed by atoms with Crippen molar-refractivity contribution in [2.45, 2.75) is 219 Å². The number of piperidine rings is 1. The number of aliphatic hydroxyl groups is 2. The molecule has 15 atom stereocenters. The van der Waals surface area contributed by atoms with Crippen molar-refractivity contribution in [1.82, 2.24) is 64.7 Å². The van der Waals surface area contributed by atoms with Gasteiger partial charge in [-0.2, -0.15) is 10.1 Å². The van der Waals surface area contributed by atoms with E-state index in [9.17, 15) is 48.6 Å². The van der Waals surface area contributed by atoms with E-state index in [1.165, 1.54) is 36.3 Å². The van der Waals surface area contributed by atoms with Crippen LogP contribution < -0.4 is 26.6 Å². The molecular formula is C101H135N17O21. The van der Waals surface area contributed by atoms with E-state index < -0.39 is 102 Å². The number of hydrogen-bond donors (Lipinski definition) is 5. The average Bonchev–Trinajstić information content (AvgIpc) is 1.74. The number of anilines is 4. The largest absolute Gasteiger partial charge is 0.460 e.